The van der Waals surface area contributed by atoms with E-state index < -0.39 is 205 Å². The standard InChI is InChI=1S/C91H114N16O20S/c1-11-12-27-72-89(124)104(6)50-77(112)97-68(46-79(114)115)85(120)102-80(53(2)3)91(126)106(8)73(43-55-21-15-13-16-22-55)86(121)100-69(41-58-30-36-62(109)37-31-58)87(122)103(5)49-76(111)96-67(45-60-47-93-65-26-20-19-25-64(60)65)84(119)99-66(40-57-28-34-61(108)35-29-57)83(118)95-54(4)81(116)101-71(82(117)94-48-75(92)110)51-128-52-78(113)98-70(42-59-32-38-63(127-10)39-33-59)88(123)107(9)74(90(125)105(72)7)44-56-23-17-14-18-24-56/h13-26,28-39,47,53-54,66-74,80,93,108-109H,11-12,27,40-46,48-52H2,1-10H3,(H2,92,110)(H,94,117)(H,95,118)(H,96,111)(H,97,112)(H,98,113)(H,99,119)(H,100,121)(H,101,116)(H,102,120)(H,114,115)/t54-,66-,67-,68-,69-,70-,71-,72-,73-,74-,80-/m0/s1. The second kappa shape index (κ2) is 48.0. The number of aromatic nitrogens is 1. The fraction of sp³-hybridized carbons (Fsp3) is 0.407. The zero-order valence-electron chi connectivity index (χ0n) is 73.1. The highest BCUT2D eigenvalue weighted by Gasteiger charge is 2.42. The average molecular weight is 1780 g/mol. The lowest BCUT2D eigenvalue weighted by Crippen LogP contribution is -2.61. The van der Waals surface area contributed by atoms with Crippen molar-refractivity contribution in [1.82, 2.24) is 77.3 Å². The Morgan fingerprint density at radius 1 is 0.492 bits per heavy atom. The summed E-state index contributed by atoms with van der Waals surface area (Å²) in [5, 5.41) is 55.0. The average Bonchev–Trinajstić information content (AvgIpc) is 1.20. The number of phenolic OH excluding ortho intramolecular Hbond substituents is 2. The lowest BCUT2D eigenvalue weighted by molar-refractivity contribution is -0.151. The number of primary amides is 1. The maximum absolute atomic E-state index is 15.5. The molecule has 37 heteroatoms. The number of ether oxygens (including phenoxy) is 1. The number of carboxylic acid groups (broad SMARTS) is 1. The van der Waals surface area contributed by atoms with Crippen molar-refractivity contribution < 1.29 is 96.8 Å². The number of carboxylic acids is 1. The highest BCUT2D eigenvalue weighted by atomic mass is 32.2. The van der Waals surface area contributed by atoms with Gasteiger partial charge in [-0.05, 0) is 95.1 Å². The number of phenols is 2. The molecular formula is C91H114N16O20S. The quantitative estimate of drug-likeness (QED) is 0.0455. The minimum absolute atomic E-state index is 0.0199. The van der Waals surface area contributed by atoms with Gasteiger partial charge >= 0.3 is 5.97 Å². The van der Waals surface area contributed by atoms with Gasteiger partial charge in [-0.15, -0.1) is 11.8 Å². The Morgan fingerprint density at radius 2 is 0.961 bits per heavy atom. The zero-order valence-corrected chi connectivity index (χ0v) is 73.9. The zero-order chi connectivity index (χ0) is 93.6. The number of methoxy groups -OCH3 is 1. The number of carbonyl (C=O) groups is 16. The van der Waals surface area contributed by atoms with Gasteiger partial charge in [0.15, 0.2) is 0 Å². The van der Waals surface area contributed by atoms with E-state index in [4.69, 9.17) is 10.5 Å². The first kappa shape index (κ1) is 99.6. The Hall–Kier alpha value is -13.9. The van der Waals surface area contributed by atoms with Gasteiger partial charge in [0.1, 0.15) is 83.7 Å². The van der Waals surface area contributed by atoms with Gasteiger partial charge in [-0.25, -0.2) is 0 Å². The summed E-state index contributed by atoms with van der Waals surface area (Å²) < 4.78 is 5.39. The topological polar surface area (TPSA) is 509 Å². The largest absolute Gasteiger partial charge is 0.508 e. The van der Waals surface area contributed by atoms with Crippen molar-refractivity contribution in [3.8, 4) is 17.2 Å². The number of aliphatic carboxylic acids is 1. The van der Waals surface area contributed by atoms with Gasteiger partial charge in [0.2, 0.25) is 88.6 Å². The van der Waals surface area contributed by atoms with Crippen LogP contribution in [0.15, 0.2) is 164 Å². The van der Waals surface area contributed by atoms with Gasteiger partial charge in [0, 0.05) is 96.6 Å². The first-order valence-electron chi connectivity index (χ1n) is 41.8. The van der Waals surface area contributed by atoms with Crippen LogP contribution in [0.25, 0.3) is 10.9 Å². The number of fused-ring (bicyclic) bond motifs is 1. The molecule has 1 aliphatic heterocycles. The first-order valence-corrected chi connectivity index (χ1v) is 42.9. The number of rotatable bonds is 22. The Morgan fingerprint density at radius 3 is 1.52 bits per heavy atom. The summed E-state index contributed by atoms with van der Waals surface area (Å²) >= 11 is 0.803. The molecule has 15 amide bonds. The minimum Gasteiger partial charge on any atom is -0.508 e. The van der Waals surface area contributed by atoms with Gasteiger partial charge in [-0.2, -0.15) is 0 Å². The molecule has 0 aliphatic carbocycles. The second-order valence-electron chi connectivity index (χ2n) is 32.0. The van der Waals surface area contributed by atoms with Crippen molar-refractivity contribution in [3.05, 3.63) is 197 Å². The van der Waals surface area contributed by atoms with E-state index in [0.717, 1.165) is 36.3 Å². The van der Waals surface area contributed by atoms with Crippen LogP contribution in [0.3, 0.4) is 0 Å². The van der Waals surface area contributed by atoms with E-state index in [2.05, 4.69) is 52.8 Å². The highest BCUT2D eigenvalue weighted by Crippen LogP contribution is 2.25. The highest BCUT2D eigenvalue weighted by molar-refractivity contribution is 8.00. The maximum Gasteiger partial charge on any atom is 0.305 e. The molecule has 11 atom stereocenters. The van der Waals surface area contributed by atoms with Crippen LogP contribution in [-0.2, 0) is 115 Å². The normalized spacial score (nSPS) is 21.9. The lowest BCUT2D eigenvalue weighted by atomic mass is 9.98. The van der Waals surface area contributed by atoms with Crippen molar-refractivity contribution in [2.75, 3.05) is 73.5 Å². The molecule has 1 fully saturated rings. The van der Waals surface area contributed by atoms with Gasteiger partial charge in [-0.3, -0.25) is 76.7 Å². The predicted octanol–water partition coefficient (Wildman–Crippen LogP) is 1.31. The first-order chi connectivity index (χ1) is 60.9. The number of unbranched alkanes of at least 4 members (excludes halogenated alkanes) is 1. The van der Waals surface area contributed by atoms with Crippen LogP contribution < -0.4 is 58.3 Å². The molecule has 8 rings (SSSR count). The van der Waals surface area contributed by atoms with Crippen molar-refractivity contribution in [1.29, 1.82) is 0 Å². The monoisotopic (exact) mass is 1780 g/mol. The summed E-state index contributed by atoms with van der Waals surface area (Å²) in [5.74, 6) is -16.9. The summed E-state index contributed by atoms with van der Waals surface area (Å²) in [6.45, 7) is 3.91. The number of H-pyrrole nitrogens is 1. The molecule has 0 unspecified atom stereocenters. The molecule has 0 bridgehead atoms. The van der Waals surface area contributed by atoms with Gasteiger partial charge < -0.3 is 103 Å². The molecule has 1 aromatic heterocycles. The Balaban J connectivity index is 1.20. The summed E-state index contributed by atoms with van der Waals surface area (Å²) in [4.78, 5) is 242. The fourth-order valence-corrected chi connectivity index (χ4v) is 15.4. The molecule has 15 N–H and O–H groups in total. The van der Waals surface area contributed by atoms with E-state index in [0.29, 0.717) is 62.9 Å². The van der Waals surface area contributed by atoms with Crippen LogP contribution in [0.1, 0.15) is 86.8 Å². The number of nitrogens with zero attached hydrogens (tertiary/aromatic N) is 5. The van der Waals surface area contributed by atoms with Crippen molar-refractivity contribution >= 4 is 117 Å². The van der Waals surface area contributed by atoms with Crippen molar-refractivity contribution in [2.45, 2.75) is 158 Å². The molecule has 1 saturated heterocycles. The molecule has 2 heterocycles. The summed E-state index contributed by atoms with van der Waals surface area (Å²) in [7, 11) is 7.94. The molecule has 0 spiro atoms. The number of hydrogen-bond donors (Lipinski definition) is 14. The number of hydrogen-bond acceptors (Lipinski definition) is 20. The predicted molar refractivity (Wildman–Crippen MR) is 475 cm³/mol. The molecule has 0 saturated carbocycles. The molecule has 1 aliphatic rings. The SMILES string of the molecule is CCCC[C@H]1C(=O)N(C)CC(=O)N[C@@H](CC(=O)O)C(=O)N[C@@H](C(C)C)C(=O)N(C)[C@@H](Cc2ccccc2)C(=O)N[C@@H](Cc2ccc(O)cc2)C(=O)N(C)CC(=O)N[C@@H](Cc2c[nH]c3ccccc23)C(=O)N[C@@H](Cc2ccc(O)cc2)C(=O)N[C@@H](C)C(=O)N[C@H](C(=O)NCC(N)=O)CSCC(=O)N[C@@H](Cc2ccc(OC)cc2)C(=O)N(C)[C@@H](Cc2ccccc2)C(=O)N1C. The molecule has 7 aromatic rings. The van der Waals surface area contributed by atoms with Crippen LogP contribution in [0.2, 0.25) is 0 Å². The number of carbonyl (C=O) groups excluding carboxylic acids is 15. The van der Waals surface area contributed by atoms with E-state index in [1.807, 2.05) is 6.92 Å². The number of likely N-dealkylation sites (N-methyl/N-ethyl adjacent to an activating group) is 5. The number of nitrogens with two attached hydrogens (primary N) is 1. The maximum atomic E-state index is 15.5. The molecule has 684 valence electrons. The van der Waals surface area contributed by atoms with Crippen LogP contribution in [0.4, 0.5) is 0 Å². The van der Waals surface area contributed by atoms with E-state index in [1.54, 1.807) is 129 Å². The summed E-state index contributed by atoms with van der Waals surface area (Å²) in [5.41, 5.74) is 8.96. The molecule has 36 nitrogen and oxygen atoms in total. The second-order valence-corrected chi connectivity index (χ2v) is 33.0. The minimum atomic E-state index is -1.91. The third kappa shape index (κ3) is 29.4. The van der Waals surface area contributed by atoms with Crippen molar-refractivity contribution in [2.24, 2.45) is 11.7 Å². The van der Waals surface area contributed by atoms with Gasteiger partial charge in [-0.1, -0.05) is 149 Å². The van der Waals surface area contributed by atoms with Gasteiger partial charge in [0.05, 0.1) is 38.9 Å². The Bertz CT molecular complexity index is 5060. The van der Waals surface area contributed by atoms with E-state index in [9.17, 15) is 63.3 Å². The van der Waals surface area contributed by atoms with Crippen LogP contribution >= 0.6 is 11.8 Å². The van der Waals surface area contributed by atoms with Crippen LogP contribution in [0.5, 0.6) is 17.2 Å². The summed E-state index contributed by atoms with van der Waals surface area (Å²) in [6.07, 6.45) is 0.0595. The van der Waals surface area contributed by atoms with E-state index >= 15 is 28.8 Å². The molecule has 6 aromatic carbocycles. The van der Waals surface area contributed by atoms with Crippen LogP contribution in [0, 0.1) is 5.92 Å². The van der Waals surface area contributed by atoms with Crippen LogP contribution in [-0.4, -0.2) is 279 Å². The van der Waals surface area contributed by atoms with Gasteiger partial charge in [0.25, 0.3) is 0 Å². The van der Waals surface area contributed by atoms with E-state index in [-0.39, 0.29) is 56.4 Å². The van der Waals surface area contributed by atoms with E-state index in [1.165, 1.54) is 97.8 Å². The number of aromatic amines is 1. The third-order valence-electron chi connectivity index (χ3n) is 21.8. The number of para-hydroxylation sites is 1. The lowest BCUT2D eigenvalue weighted by Gasteiger charge is -2.37. The number of amides is 15. The summed E-state index contributed by atoms with van der Waals surface area (Å²) in [6, 6.07) is 24.9. The number of thioether (sulfide) groups is 1. The number of aromatic hydroxyl groups is 2. The fourth-order valence-electron chi connectivity index (χ4n) is 14.5. The Labute approximate surface area is 745 Å². The number of nitrogens with one attached hydrogen (secondary N) is 10. The smallest absolute Gasteiger partial charge is 0.305 e. The molecule has 0 radical (unpaired) electrons. The number of benzene rings is 6. The molecule has 128 heavy (non-hydrogen) atoms. The Kier molecular flexibility index (Phi) is 37.3. The van der Waals surface area contributed by atoms with Crippen molar-refractivity contribution in [3.63, 3.8) is 0 Å². The molecular weight excluding hydrogens is 1670 g/mol. The third-order valence-corrected chi connectivity index (χ3v) is 22.8.